The molecule has 1 unspecified atom stereocenters. The number of nitrogens with one attached hydrogen (secondary N) is 1. The van der Waals surface area contributed by atoms with Gasteiger partial charge in [0.05, 0.1) is 54.7 Å². The molecule has 0 saturated carbocycles. The van der Waals surface area contributed by atoms with E-state index in [9.17, 15) is 43.5 Å². The van der Waals surface area contributed by atoms with E-state index in [0.717, 1.165) is 29.8 Å². The van der Waals surface area contributed by atoms with Gasteiger partial charge in [0.1, 0.15) is 12.4 Å². The Hall–Kier alpha value is -5.17. The summed E-state index contributed by atoms with van der Waals surface area (Å²) in [5, 5.41) is 13.9. The van der Waals surface area contributed by atoms with Gasteiger partial charge in [-0.05, 0) is 78.4 Å². The molecule has 0 bridgehead atoms. The van der Waals surface area contributed by atoms with Gasteiger partial charge in [-0.3, -0.25) is 38.5 Å². The van der Waals surface area contributed by atoms with Gasteiger partial charge in [0.15, 0.2) is 11.6 Å². The number of methoxy groups -OCH3 is 2. The van der Waals surface area contributed by atoms with E-state index in [1.807, 2.05) is 92.6 Å². The number of ketones is 3. The summed E-state index contributed by atoms with van der Waals surface area (Å²) >= 11 is 1.50. The molecule has 2 aromatic carbocycles. The molecule has 5 amide bonds. The van der Waals surface area contributed by atoms with Crippen molar-refractivity contribution in [1.82, 2.24) is 19.6 Å². The number of hydrogen-bond donors (Lipinski definition) is 2. The fraction of sp³-hybridized carbons (Fsp3) is 0.677. The van der Waals surface area contributed by atoms with Crippen LogP contribution in [0.15, 0.2) is 54.6 Å². The van der Waals surface area contributed by atoms with Crippen molar-refractivity contribution in [2.24, 2.45) is 35.5 Å². The summed E-state index contributed by atoms with van der Waals surface area (Å²) in [6.07, 6.45) is 2.00. The zero-order valence-corrected chi connectivity index (χ0v) is 51.0. The van der Waals surface area contributed by atoms with Crippen molar-refractivity contribution in [2.45, 2.75) is 181 Å². The van der Waals surface area contributed by atoms with Gasteiger partial charge in [-0.2, -0.15) is 0 Å². The van der Waals surface area contributed by atoms with E-state index in [4.69, 9.17) is 14.2 Å². The number of hydrogen-bond acceptors (Lipinski definition) is 14. The molecule has 0 aliphatic carbocycles. The molecular weight excluding hydrogens is 1040 g/mol. The number of aliphatic hydroxyl groups excluding tert-OH is 1. The van der Waals surface area contributed by atoms with Crippen LogP contribution in [0.5, 0.6) is 0 Å². The van der Waals surface area contributed by atoms with E-state index >= 15 is 0 Å². The minimum Gasteiger partial charge on any atom is -0.445 e. The lowest BCUT2D eigenvalue weighted by Crippen LogP contribution is -2.54. The fourth-order valence-electron chi connectivity index (χ4n) is 11.5. The van der Waals surface area contributed by atoms with Crippen LogP contribution in [0, 0.1) is 35.5 Å². The van der Waals surface area contributed by atoms with Crippen LogP contribution in [0.4, 0.5) is 10.5 Å². The lowest BCUT2D eigenvalue weighted by atomic mass is 9.83. The summed E-state index contributed by atoms with van der Waals surface area (Å²) in [6, 6.07) is 14.7. The first-order chi connectivity index (χ1) is 38.0. The van der Waals surface area contributed by atoms with Crippen molar-refractivity contribution < 1.29 is 57.7 Å². The molecule has 2 fully saturated rings. The molecular formula is C62H95N5O12S. The monoisotopic (exact) mass is 1130 g/mol. The third kappa shape index (κ3) is 18.7. The first-order valence-corrected chi connectivity index (χ1v) is 30.2. The van der Waals surface area contributed by atoms with Gasteiger partial charge in [0, 0.05) is 84.6 Å². The van der Waals surface area contributed by atoms with Gasteiger partial charge < -0.3 is 39.3 Å². The third-order valence-corrected chi connectivity index (χ3v) is 17.6. The number of imide groups is 1. The number of ether oxygens (including phenoxy) is 3. The number of anilines is 1. The molecule has 2 aromatic rings. The molecule has 2 saturated heterocycles. The normalized spacial score (nSPS) is 19.0. The van der Waals surface area contributed by atoms with Crippen molar-refractivity contribution in [3.63, 3.8) is 0 Å². The van der Waals surface area contributed by atoms with E-state index in [0.29, 0.717) is 50.8 Å². The standard InChI is InChI=1S/C62H95N5O12S/c1-14-41(7)57(52(77-12)35-54(71)66-32-22-26-49(66)59(78-13)43(9)50(69)33-42(8)58(73)45-23-18-16-19-24-45)64(10)60(74)48(39(3)4)34-51(70)56(40(5)6)65(11)62(76)79-38-44-27-29-46(30-28-44)63-37-47(68)25-20-17-21-31-67-55(72)36-53(61(67)75)80-15-2/h16,18-19,23-24,27-30,39-43,48-49,52-53,56-59,63,73H,14-15,17,20-22,25-26,31-38H2,1-13H3/t41-,42-,43-,48-,49-,52+,53?,56-,57-,58+,59+/m0/s1. The Balaban J connectivity index is 1.31. The largest absolute Gasteiger partial charge is 0.445 e. The minimum atomic E-state index is -0.886. The van der Waals surface area contributed by atoms with Crippen LogP contribution in [0.3, 0.4) is 0 Å². The van der Waals surface area contributed by atoms with Crippen LogP contribution >= 0.6 is 11.8 Å². The maximum absolute atomic E-state index is 14.8. The van der Waals surface area contributed by atoms with Crippen molar-refractivity contribution in [1.29, 1.82) is 0 Å². The van der Waals surface area contributed by atoms with Crippen molar-refractivity contribution in [3.05, 3.63) is 65.7 Å². The summed E-state index contributed by atoms with van der Waals surface area (Å²) in [5.41, 5.74) is 2.17. The summed E-state index contributed by atoms with van der Waals surface area (Å²) in [6.45, 7) is 18.1. The average Bonchev–Trinajstić information content (AvgIpc) is 4.05. The Bertz CT molecular complexity index is 2340. The fourth-order valence-corrected chi connectivity index (χ4v) is 12.5. The molecule has 2 aliphatic rings. The van der Waals surface area contributed by atoms with Crippen LogP contribution in [-0.2, 0) is 54.4 Å². The van der Waals surface area contributed by atoms with Crippen LogP contribution in [0.1, 0.15) is 150 Å². The number of carbonyl (C=O) groups excluding carboxylic acids is 8. The second-order valence-corrected chi connectivity index (χ2v) is 24.4. The molecule has 17 nitrogen and oxygen atoms in total. The number of rotatable bonds is 35. The summed E-state index contributed by atoms with van der Waals surface area (Å²) < 4.78 is 17.8. The van der Waals surface area contributed by atoms with Crippen LogP contribution < -0.4 is 5.32 Å². The Labute approximate surface area is 481 Å². The lowest BCUT2D eigenvalue weighted by molar-refractivity contribution is -0.149. The molecule has 0 spiro atoms. The van der Waals surface area contributed by atoms with Gasteiger partial charge in [-0.25, -0.2) is 4.79 Å². The zero-order chi connectivity index (χ0) is 59.4. The van der Waals surface area contributed by atoms with E-state index in [1.54, 1.807) is 55.3 Å². The van der Waals surface area contributed by atoms with Gasteiger partial charge >= 0.3 is 6.09 Å². The quantitative estimate of drug-likeness (QED) is 0.0487. The highest BCUT2D eigenvalue weighted by Gasteiger charge is 2.44. The molecule has 80 heavy (non-hydrogen) atoms. The maximum atomic E-state index is 14.8. The predicted molar refractivity (Wildman–Crippen MR) is 313 cm³/mol. The second-order valence-electron chi connectivity index (χ2n) is 22.9. The third-order valence-electron chi connectivity index (χ3n) is 16.5. The number of Topliss-reactive ketones (excluding diaryl/α,β-unsaturated/α-hetero) is 3. The number of unbranched alkanes of at least 4 members (excludes halogenated alkanes) is 2. The Morgan fingerprint density at radius 1 is 0.800 bits per heavy atom. The van der Waals surface area contributed by atoms with E-state index < -0.39 is 48.3 Å². The highest BCUT2D eigenvalue weighted by Crippen LogP contribution is 2.33. The molecule has 446 valence electrons. The molecule has 0 aromatic heterocycles. The van der Waals surface area contributed by atoms with E-state index in [2.05, 4.69) is 5.32 Å². The molecule has 2 heterocycles. The van der Waals surface area contributed by atoms with Gasteiger partial charge in [-0.1, -0.05) is 118 Å². The van der Waals surface area contributed by atoms with Crippen LogP contribution in [-0.4, -0.2) is 161 Å². The summed E-state index contributed by atoms with van der Waals surface area (Å²) in [4.78, 5) is 114. The number of nitrogens with zero attached hydrogens (tertiary/aromatic N) is 4. The van der Waals surface area contributed by atoms with E-state index in [1.165, 1.54) is 28.6 Å². The zero-order valence-electron chi connectivity index (χ0n) is 50.2. The second kappa shape index (κ2) is 33.1. The summed E-state index contributed by atoms with van der Waals surface area (Å²) in [7, 11) is 6.35. The Kier molecular flexibility index (Phi) is 27.8. The van der Waals surface area contributed by atoms with E-state index in [-0.39, 0.29) is 115 Å². The molecule has 2 N–H and O–H groups in total. The number of thioether (sulfide) groups is 1. The SMILES string of the molecule is CCSC1CC(=O)N(CCCCCC(=O)CNc2ccc(COC(=O)N(C)[C@H](C(=O)C[C@H](C(=O)N(C)[C@@H]([C@@H](C)CC)[C@@H](CC(=O)N3CCC[C@H]3[C@H](OC)[C@@H](C)C(=O)C[C@H](C)[C@@H](O)c3ccccc3)OC)C(C)C)C(C)C)cc2)C1=O. The Morgan fingerprint density at radius 2 is 1.48 bits per heavy atom. The van der Waals surface area contributed by atoms with Crippen molar-refractivity contribution in [3.8, 4) is 0 Å². The molecule has 4 rings (SSSR count). The first-order valence-electron chi connectivity index (χ1n) is 29.1. The minimum absolute atomic E-state index is 0.0215. The number of benzene rings is 2. The number of likely N-dealkylation sites (N-methyl/N-ethyl adjacent to an activating group) is 2. The highest BCUT2D eigenvalue weighted by atomic mass is 32.2. The topological polar surface area (TPSA) is 209 Å². The maximum Gasteiger partial charge on any atom is 0.410 e. The average molecular weight is 1130 g/mol. The number of carbonyl (C=O) groups is 8. The van der Waals surface area contributed by atoms with Gasteiger partial charge in [0.25, 0.3) is 0 Å². The lowest BCUT2D eigenvalue weighted by Gasteiger charge is -2.41. The molecule has 2 aliphatic heterocycles. The number of amides is 5. The molecule has 11 atom stereocenters. The van der Waals surface area contributed by atoms with Crippen LogP contribution in [0.25, 0.3) is 0 Å². The van der Waals surface area contributed by atoms with Crippen LogP contribution in [0.2, 0.25) is 0 Å². The number of likely N-dealkylation sites (tertiary alicyclic amines) is 2. The first kappa shape index (κ1) is 67.3. The highest BCUT2D eigenvalue weighted by molar-refractivity contribution is 8.00. The molecule has 0 radical (unpaired) electrons. The van der Waals surface area contributed by atoms with Gasteiger partial charge in [0.2, 0.25) is 23.6 Å². The predicted octanol–water partition coefficient (Wildman–Crippen LogP) is 9.18. The Morgan fingerprint density at radius 3 is 2.08 bits per heavy atom. The van der Waals surface area contributed by atoms with Crippen molar-refractivity contribution >= 4 is 64.5 Å². The molecule has 18 heteroatoms. The number of aliphatic hydroxyl groups is 1. The smallest absolute Gasteiger partial charge is 0.410 e. The van der Waals surface area contributed by atoms with Crippen molar-refractivity contribution in [2.75, 3.05) is 59.0 Å². The van der Waals surface area contributed by atoms with Gasteiger partial charge in [-0.15, -0.1) is 11.8 Å². The summed E-state index contributed by atoms with van der Waals surface area (Å²) in [5.74, 6) is -2.43.